The minimum absolute atomic E-state index is 0. The number of nitrogens with one attached hydrogen (secondary N) is 2. The number of aryl methyl sites for hydroxylation is 4. The van der Waals surface area contributed by atoms with Crippen LogP contribution < -0.4 is 0 Å². The number of carboxylic acids is 2. The molecule has 5 heterocycles. The summed E-state index contributed by atoms with van der Waals surface area (Å²) in [6, 6.07) is 8.19. The van der Waals surface area contributed by atoms with Crippen LogP contribution in [0.4, 0.5) is 0 Å². The Morgan fingerprint density at radius 2 is 1.11 bits per heavy atom. The summed E-state index contributed by atoms with van der Waals surface area (Å²) < 4.78 is 0. The van der Waals surface area contributed by atoms with E-state index >= 15 is 0 Å². The molecule has 0 radical (unpaired) electrons. The number of carboxylic acid groups (broad SMARTS) is 2. The fourth-order valence-electron chi connectivity index (χ4n) is 6.22. The van der Waals surface area contributed by atoms with Gasteiger partial charge in [-0.2, -0.15) is 0 Å². The Hall–Kier alpha value is -3.64. The van der Waals surface area contributed by atoms with E-state index in [2.05, 4.69) is 49.8 Å². The molecule has 8 nitrogen and oxygen atoms in total. The van der Waals surface area contributed by atoms with Crippen molar-refractivity contribution in [1.29, 1.82) is 0 Å². The summed E-state index contributed by atoms with van der Waals surface area (Å²) in [5.74, 6) is -1.72. The standard InChI is InChI=1S/C34H38N4O4.ClH.Cr/c1-7-21-17(3)25-13-26-19(5)23(9-11-33(39)40)31(37-26)16-32-24(10-12-34(41)42)20(6)28(38-32)15-30-22(8-2)18(4)27(36-30)14-29(21)35-25;;/h13-16,36,38H,7-12H2,1-6H3,(H,39,40)(H,41,42);1H;. The summed E-state index contributed by atoms with van der Waals surface area (Å²) in [5.41, 5.74) is 15.4. The van der Waals surface area contributed by atoms with Gasteiger partial charge in [-0.25, -0.2) is 9.97 Å². The normalized spacial score (nSPS) is 12.7. The van der Waals surface area contributed by atoms with Crippen molar-refractivity contribution in [3.8, 4) is 0 Å². The number of H-pyrrole nitrogens is 2. The average Bonchev–Trinajstić information content (AvgIpc) is 3.59. The number of carbonyl (C=O) groups is 2. The third-order valence-electron chi connectivity index (χ3n) is 8.69. The van der Waals surface area contributed by atoms with Gasteiger partial charge in [0.15, 0.2) is 0 Å². The predicted octanol–water partition coefficient (Wildman–Crippen LogP) is 8.07. The second-order valence-electron chi connectivity index (χ2n) is 11.2. The molecule has 3 aromatic heterocycles. The zero-order valence-electron chi connectivity index (χ0n) is 26.0. The van der Waals surface area contributed by atoms with Crippen molar-refractivity contribution in [3.05, 3.63) is 69.3 Å². The molecule has 0 unspecified atom stereocenters. The first-order valence-corrected chi connectivity index (χ1v) is 14.6. The van der Waals surface area contributed by atoms with Gasteiger partial charge in [0.05, 0.1) is 22.8 Å². The molecule has 0 aliphatic carbocycles. The molecule has 5 rings (SSSR count). The van der Waals surface area contributed by atoms with Crippen molar-refractivity contribution < 1.29 is 37.2 Å². The van der Waals surface area contributed by atoms with Crippen LogP contribution in [-0.2, 0) is 39.8 Å². The summed E-state index contributed by atoms with van der Waals surface area (Å²) in [6.45, 7) is 12.5. The second kappa shape index (κ2) is 14.0. The van der Waals surface area contributed by atoms with E-state index in [0.717, 1.165) is 79.8 Å². The largest absolute Gasteiger partial charge is 0.481 e. The van der Waals surface area contributed by atoms with Gasteiger partial charge in [0, 0.05) is 52.3 Å². The van der Waals surface area contributed by atoms with Gasteiger partial charge in [0.1, 0.15) is 0 Å². The van der Waals surface area contributed by atoms with Crippen LogP contribution in [0.15, 0.2) is 24.3 Å². The molecule has 0 atom stereocenters. The van der Waals surface area contributed by atoms with E-state index in [4.69, 9.17) is 9.97 Å². The number of halogens is 1. The fraction of sp³-hybridized carbons (Fsp3) is 0.353. The van der Waals surface area contributed by atoms with Crippen LogP contribution >= 0.6 is 12.4 Å². The number of nitrogens with zero attached hydrogens (tertiary/aromatic N) is 2. The zero-order valence-corrected chi connectivity index (χ0v) is 28.1. The Balaban J connectivity index is 0.00000264. The Morgan fingerprint density at radius 3 is 1.68 bits per heavy atom. The van der Waals surface area contributed by atoms with Crippen molar-refractivity contribution >= 4 is 68.7 Å². The van der Waals surface area contributed by atoms with Crippen LogP contribution in [0, 0.1) is 13.8 Å². The topological polar surface area (TPSA) is 132 Å². The third kappa shape index (κ3) is 6.56. The van der Waals surface area contributed by atoms with E-state index in [-0.39, 0.29) is 42.6 Å². The van der Waals surface area contributed by atoms with Crippen molar-refractivity contribution in [2.75, 3.05) is 0 Å². The van der Waals surface area contributed by atoms with Gasteiger partial charge in [-0.05, 0) is 122 Å². The van der Waals surface area contributed by atoms with Crippen LogP contribution in [-0.4, -0.2) is 42.1 Å². The molecule has 0 saturated carbocycles. The minimum Gasteiger partial charge on any atom is -0.481 e. The van der Waals surface area contributed by atoms with Gasteiger partial charge in [-0.3, -0.25) is 9.59 Å². The van der Waals surface area contributed by atoms with Crippen LogP contribution in [0.5, 0.6) is 0 Å². The molecular weight excluding hydrogens is 616 g/mol. The van der Waals surface area contributed by atoms with Crippen molar-refractivity contribution in [1.82, 2.24) is 19.9 Å². The molecule has 0 aromatic carbocycles. The number of hydrogen-bond acceptors (Lipinski definition) is 4. The van der Waals surface area contributed by atoms with Crippen LogP contribution in [0.25, 0.3) is 44.4 Å². The van der Waals surface area contributed by atoms with Gasteiger partial charge in [0.25, 0.3) is 0 Å². The Morgan fingerprint density at radius 1 is 0.636 bits per heavy atom. The van der Waals surface area contributed by atoms with Crippen molar-refractivity contribution in [2.24, 2.45) is 0 Å². The maximum absolute atomic E-state index is 11.5. The average molecular weight is 655 g/mol. The molecule has 0 amide bonds. The van der Waals surface area contributed by atoms with Gasteiger partial charge in [-0.15, -0.1) is 12.4 Å². The van der Waals surface area contributed by atoms with Gasteiger partial charge in [0.2, 0.25) is 0 Å². The number of rotatable bonds is 8. The minimum atomic E-state index is -0.867. The first kappa shape index (κ1) is 34.8. The summed E-state index contributed by atoms with van der Waals surface area (Å²) in [6.07, 6.45) is 2.39. The molecule has 2 aliphatic rings. The summed E-state index contributed by atoms with van der Waals surface area (Å²) in [7, 11) is 0. The SMILES string of the molecule is CCC1=C(C)c2cc3nc(cc4[nH]c(cc5[nH]c(cc1n2)c(C)c5CC)c(C)c4CCC(=O)O)C(CCC(=O)O)=C3C.Cl.[Cr]. The van der Waals surface area contributed by atoms with E-state index in [1.165, 1.54) is 16.7 Å². The number of aromatic nitrogens is 4. The quantitative estimate of drug-likeness (QED) is 0.194. The van der Waals surface area contributed by atoms with Crippen LogP contribution in [0.2, 0.25) is 0 Å². The maximum Gasteiger partial charge on any atom is 0.303 e. The van der Waals surface area contributed by atoms with E-state index in [1.807, 2.05) is 26.0 Å². The molecule has 8 bridgehead atoms. The summed E-state index contributed by atoms with van der Waals surface area (Å²) >= 11 is 0. The molecular formula is C34H39ClCrN4O4. The summed E-state index contributed by atoms with van der Waals surface area (Å²) in [4.78, 5) is 40.3. The summed E-state index contributed by atoms with van der Waals surface area (Å²) in [5, 5.41) is 18.9. The zero-order chi connectivity index (χ0) is 30.3. The molecule has 0 spiro atoms. The smallest absolute Gasteiger partial charge is 0.303 e. The number of fused-ring (bicyclic) bond motifs is 8. The number of aromatic amines is 2. The third-order valence-corrected chi connectivity index (χ3v) is 8.69. The molecule has 10 heteroatoms. The fourth-order valence-corrected chi connectivity index (χ4v) is 6.22. The molecule has 232 valence electrons. The van der Waals surface area contributed by atoms with E-state index < -0.39 is 11.9 Å². The van der Waals surface area contributed by atoms with E-state index in [0.29, 0.717) is 18.5 Å². The first-order chi connectivity index (χ1) is 20.0. The Kier molecular flexibility index (Phi) is 11.1. The van der Waals surface area contributed by atoms with Crippen molar-refractivity contribution in [3.63, 3.8) is 0 Å². The second-order valence-corrected chi connectivity index (χ2v) is 11.2. The Labute approximate surface area is 274 Å². The van der Waals surface area contributed by atoms with E-state index in [1.54, 1.807) is 0 Å². The monoisotopic (exact) mass is 654 g/mol. The predicted molar refractivity (Wildman–Crippen MR) is 175 cm³/mol. The molecule has 0 saturated heterocycles. The number of aliphatic carboxylic acids is 2. The van der Waals surface area contributed by atoms with Gasteiger partial charge < -0.3 is 20.2 Å². The number of hydrogen-bond donors (Lipinski definition) is 4. The first-order valence-electron chi connectivity index (χ1n) is 14.6. The van der Waals surface area contributed by atoms with Crippen molar-refractivity contribution in [2.45, 2.75) is 80.1 Å². The Bertz CT molecular complexity index is 1870. The molecule has 3 aromatic rings. The van der Waals surface area contributed by atoms with Crippen LogP contribution in [0.3, 0.4) is 0 Å². The molecule has 0 fully saturated rings. The number of allylic oxidation sites excluding steroid dienone is 4. The van der Waals surface area contributed by atoms with E-state index in [9.17, 15) is 19.8 Å². The molecule has 44 heavy (non-hydrogen) atoms. The van der Waals surface area contributed by atoms with Crippen LogP contribution in [0.1, 0.15) is 98.4 Å². The van der Waals surface area contributed by atoms with Gasteiger partial charge in [-0.1, -0.05) is 13.8 Å². The van der Waals surface area contributed by atoms with Gasteiger partial charge >= 0.3 is 11.9 Å². The molecule has 2 aliphatic heterocycles. The maximum atomic E-state index is 11.5. The molecule has 4 N–H and O–H groups in total.